The average molecular weight is 352 g/mol. The molecule has 23 heavy (non-hydrogen) atoms. The van der Waals surface area contributed by atoms with E-state index in [1.54, 1.807) is 4.98 Å². The summed E-state index contributed by atoms with van der Waals surface area (Å²) in [4.78, 5) is 42.0. The molecule has 0 bridgehead atoms. The van der Waals surface area contributed by atoms with Gasteiger partial charge in [-0.15, -0.1) is 6.58 Å². The molecule has 0 saturated carbocycles. The van der Waals surface area contributed by atoms with Gasteiger partial charge in [0.05, 0.1) is 12.3 Å². The maximum absolute atomic E-state index is 13.3. The number of nitrogens with one attached hydrogen (secondary N) is 1. The Bertz CT molecular complexity index is 755. The lowest BCUT2D eigenvalue weighted by Crippen LogP contribution is -2.36. The van der Waals surface area contributed by atoms with Crippen LogP contribution in [0.3, 0.4) is 0 Å². The van der Waals surface area contributed by atoms with Crippen LogP contribution in [-0.4, -0.2) is 42.8 Å². The molecule has 12 heteroatoms. The zero-order chi connectivity index (χ0) is 17.4. The number of ether oxygens (including phenoxy) is 1. The molecule has 1 aromatic rings. The van der Waals surface area contributed by atoms with Gasteiger partial charge in [-0.25, -0.2) is 9.36 Å². The van der Waals surface area contributed by atoms with Gasteiger partial charge in [0.2, 0.25) is 5.82 Å². The van der Waals surface area contributed by atoms with Crippen molar-refractivity contribution in [3.05, 3.63) is 45.5 Å². The second-order valence-electron chi connectivity index (χ2n) is 4.80. The maximum Gasteiger partial charge on any atom is 0.470 e. The lowest BCUT2D eigenvalue weighted by Gasteiger charge is -2.23. The van der Waals surface area contributed by atoms with E-state index in [4.69, 9.17) is 14.5 Å². The number of aromatic amines is 1. The quantitative estimate of drug-likeness (QED) is 0.389. The summed E-state index contributed by atoms with van der Waals surface area (Å²) in [5, 5.41) is 9.95. The molecule has 0 aromatic carbocycles. The highest BCUT2D eigenvalue weighted by molar-refractivity contribution is 7.46. The van der Waals surface area contributed by atoms with E-state index in [1.165, 1.54) is 0 Å². The molecule has 128 valence electrons. The number of nitrogens with zero attached hydrogens (tertiary/aromatic N) is 1. The van der Waals surface area contributed by atoms with Gasteiger partial charge in [-0.2, -0.15) is 4.39 Å². The van der Waals surface area contributed by atoms with Gasteiger partial charge in [-0.05, 0) is 0 Å². The first-order valence-electron chi connectivity index (χ1n) is 6.33. The van der Waals surface area contributed by atoms with E-state index in [2.05, 4.69) is 11.1 Å². The number of aliphatic hydroxyl groups excluding tert-OH is 1. The molecule has 0 radical (unpaired) electrons. The fourth-order valence-corrected chi connectivity index (χ4v) is 2.74. The number of rotatable bonds is 5. The monoisotopic (exact) mass is 352 g/mol. The van der Waals surface area contributed by atoms with Crippen LogP contribution in [0.15, 0.2) is 28.4 Å². The Morgan fingerprint density at radius 1 is 1.57 bits per heavy atom. The van der Waals surface area contributed by atoms with Crippen molar-refractivity contribution in [2.24, 2.45) is 0 Å². The lowest BCUT2D eigenvalue weighted by molar-refractivity contribution is -0.0667. The average Bonchev–Trinajstić information content (AvgIpc) is 2.81. The van der Waals surface area contributed by atoms with Gasteiger partial charge in [-0.1, -0.05) is 6.08 Å². The zero-order valence-corrected chi connectivity index (χ0v) is 12.4. The molecule has 0 amide bonds. The van der Waals surface area contributed by atoms with Crippen LogP contribution in [-0.2, 0) is 13.8 Å². The van der Waals surface area contributed by atoms with Crippen molar-refractivity contribution >= 4 is 7.82 Å². The maximum atomic E-state index is 13.3. The highest BCUT2D eigenvalue weighted by Crippen LogP contribution is 2.41. The molecule has 4 N–H and O–H groups in total. The van der Waals surface area contributed by atoms with Crippen LogP contribution in [0.5, 0.6) is 0 Å². The van der Waals surface area contributed by atoms with Crippen molar-refractivity contribution in [2.75, 3.05) is 0 Å². The van der Waals surface area contributed by atoms with Gasteiger partial charge in [-0.3, -0.25) is 18.9 Å². The van der Waals surface area contributed by atoms with Crippen molar-refractivity contribution in [3.8, 4) is 0 Å². The topological polar surface area (TPSA) is 151 Å². The third kappa shape index (κ3) is 4.02. The Hall–Kier alpha value is -1.62. The summed E-state index contributed by atoms with van der Waals surface area (Å²) in [7, 11) is -4.87. The van der Waals surface area contributed by atoms with Gasteiger partial charge >= 0.3 is 13.5 Å². The predicted molar refractivity (Wildman–Crippen MR) is 72.9 cm³/mol. The highest BCUT2D eigenvalue weighted by Gasteiger charge is 2.42. The van der Waals surface area contributed by atoms with Crippen LogP contribution in [0.2, 0.25) is 0 Å². The van der Waals surface area contributed by atoms with Crippen molar-refractivity contribution in [1.82, 2.24) is 9.55 Å². The molecule has 0 spiro atoms. The Balaban J connectivity index is 2.26. The van der Waals surface area contributed by atoms with E-state index in [1.807, 2.05) is 0 Å². The first kappa shape index (κ1) is 17.7. The van der Waals surface area contributed by atoms with Crippen molar-refractivity contribution < 1.29 is 33.1 Å². The molecule has 1 aliphatic rings. The summed E-state index contributed by atoms with van der Waals surface area (Å²) in [5.74, 6) is -1.22. The Morgan fingerprint density at radius 2 is 2.22 bits per heavy atom. The molecular weight excluding hydrogens is 338 g/mol. The van der Waals surface area contributed by atoms with E-state index in [-0.39, 0.29) is 6.42 Å². The largest absolute Gasteiger partial charge is 0.470 e. The summed E-state index contributed by atoms with van der Waals surface area (Å²) < 4.78 is 34.7. The summed E-state index contributed by atoms with van der Waals surface area (Å²) in [6, 6.07) is 0. The number of H-pyrrole nitrogens is 1. The second kappa shape index (κ2) is 6.48. The molecule has 0 unspecified atom stereocenters. The third-order valence-corrected chi connectivity index (χ3v) is 3.70. The number of hydrogen-bond acceptors (Lipinski definition) is 6. The fourth-order valence-electron chi connectivity index (χ4n) is 2.21. The molecule has 1 fully saturated rings. The van der Waals surface area contributed by atoms with E-state index in [9.17, 15) is 23.7 Å². The van der Waals surface area contributed by atoms with Gasteiger partial charge in [0.15, 0.2) is 0 Å². The Morgan fingerprint density at radius 3 is 2.78 bits per heavy atom. The minimum atomic E-state index is -4.87. The minimum Gasteiger partial charge on any atom is -0.390 e. The molecule has 4 atom stereocenters. The standard InChI is InChI=1S/C11H14FN2O8P/c1-2-7(22-23(18,19)20)9-6(15)3-8(21-9)14-4-5(12)10(16)13-11(14)17/h2,4,6-9,15H,1,3H2,(H,13,16,17)(H2,18,19,20)/t6-,7+,8+,9-/m0/s1. The van der Waals surface area contributed by atoms with Crippen LogP contribution >= 0.6 is 7.82 Å². The summed E-state index contributed by atoms with van der Waals surface area (Å²) in [6.45, 7) is 3.33. The number of phosphoric ester groups is 1. The zero-order valence-electron chi connectivity index (χ0n) is 11.5. The number of phosphoric acid groups is 1. The predicted octanol–water partition coefficient (Wildman–Crippen LogP) is -1.01. The summed E-state index contributed by atoms with van der Waals surface area (Å²) in [5.41, 5.74) is -2.16. The van der Waals surface area contributed by atoms with Gasteiger partial charge in [0, 0.05) is 6.42 Å². The highest BCUT2D eigenvalue weighted by atomic mass is 31.2. The lowest BCUT2D eigenvalue weighted by atomic mass is 10.1. The Kier molecular flexibility index (Phi) is 4.99. The first-order valence-corrected chi connectivity index (χ1v) is 7.86. The second-order valence-corrected chi connectivity index (χ2v) is 5.99. The van der Waals surface area contributed by atoms with Crippen molar-refractivity contribution in [3.63, 3.8) is 0 Å². The fraction of sp³-hybridized carbons (Fsp3) is 0.455. The van der Waals surface area contributed by atoms with Crippen LogP contribution in [0.4, 0.5) is 4.39 Å². The number of hydrogen-bond donors (Lipinski definition) is 4. The van der Waals surface area contributed by atoms with Crippen LogP contribution in [0.1, 0.15) is 12.6 Å². The normalized spacial score (nSPS) is 26.2. The number of aliphatic hydroxyl groups is 1. The number of halogens is 1. The molecule has 2 rings (SSSR count). The van der Waals surface area contributed by atoms with Gasteiger partial charge < -0.3 is 19.6 Å². The minimum absolute atomic E-state index is 0.190. The molecule has 1 aromatic heterocycles. The van der Waals surface area contributed by atoms with E-state index in [0.29, 0.717) is 6.20 Å². The van der Waals surface area contributed by atoms with Crippen LogP contribution in [0, 0.1) is 5.82 Å². The molecular formula is C11H14FN2O8P. The van der Waals surface area contributed by atoms with Gasteiger partial charge in [0.1, 0.15) is 18.4 Å². The number of aromatic nitrogens is 2. The molecule has 0 aliphatic carbocycles. The van der Waals surface area contributed by atoms with Crippen LogP contribution in [0.25, 0.3) is 0 Å². The molecule has 10 nitrogen and oxygen atoms in total. The molecule has 1 saturated heterocycles. The molecule has 1 aliphatic heterocycles. The van der Waals surface area contributed by atoms with E-state index in [0.717, 1.165) is 10.6 Å². The third-order valence-electron chi connectivity index (χ3n) is 3.19. The Labute approximate surface area is 128 Å². The summed E-state index contributed by atoms with van der Waals surface area (Å²) in [6.07, 6.45) is -3.58. The molecule has 2 heterocycles. The van der Waals surface area contributed by atoms with Gasteiger partial charge in [0.25, 0.3) is 5.56 Å². The van der Waals surface area contributed by atoms with Crippen LogP contribution < -0.4 is 11.2 Å². The SMILES string of the molecule is C=C[C@@H](OP(=O)(O)O)[C@H]1O[C@@H](n2cc(F)c(=O)[nH]c2=O)C[C@@H]1O. The van der Waals surface area contributed by atoms with Crippen molar-refractivity contribution in [2.45, 2.75) is 31.0 Å². The smallest absolute Gasteiger partial charge is 0.390 e. The van der Waals surface area contributed by atoms with E-state index >= 15 is 0 Å². The first-order chi connectivity index (χ1) is 10.6. The summed E-state index contributed by atoms with van der Waals surface area (Å²) >= 11 is 0. The van der Waals surface area contributed by atoms with E-state index < -0.39 is 49.4 Å². The van der Waals surface area contributed by atoms with Crippen molar-refractivity contribution in [1.29, 1.82) is 0 Å².